The smallest absolute Gasteiger partial charge is 0.338 e. The number of nitrogens with zero attached hydrogens (tertiary/aromatic N) is 2. The van der Waals surface area contributed by atoms with E-state index in [1.807, 2.05) is 0 Å². The molecule has 0 atom stereocenters. The summed E-state index contributed by atoms with van der Waals surface area (Å²) in [4.78, 5) is 26.3. The summed E-state index contributed by atoms with van der Waals surface area (Å²) in [5, 5.41) is 0. The monoisotopic (exact) mass is 412 g/mol. The fourth-order valence-electron chi connectivity index (χ4n) is 3.00. The van der Waals surface area contributed by atoms with Crippen LogP contribution in [0.2, 0.25) is 0 Å². The predicted molar refractivity (Wildman–Crippen MR) is 104 cm³/mol. The molecule has 8 nitrogen and oxygen atoms in total. The van der Waals surface area contributed by atoms with E-state index in [-0.39, 0.29) is 28.7 Å². The summed E-state index contributed by atoms with van der Waals surface area (Å²) in [6.07, 6.45) is 5.28. The van der Waals surface area contributed by atoms with Gasteiger partial charge in [0.25, 0.3) is 5.91 Å². The van der Waals surface area contributed by atoms with E-state index >= 15 is 0 Å². The van der Waals surface area contributed by atoms with Gasteiger partial charge in [-0.05, 0) is 31.0 Å². The van der Waals surface area contributed by atoms with Crippen molar-refractivity contribution in [3.8, 4) is 5.75 Å². The van der Waals surface area contributed by atoms with Crippen molar-refractivity contribution in [1.82, 2.24) is 9.21 Å². The molecule has 1 amide bonds. The normalized spacial score (nSPS) is 15.6. The van der Waals surface area contributed by atoms with Gasteiger partial charge in [0.1, 0.15) is 10.6 Å². The van der Waals surface area contributed by atoms with Gasteiger partial charge in [0.15, 0.2) is 6.61 Å². The molecule has 0 N–H and O–H groups in total. The molecule has 1 aliphatic rings. The van der Waals surface area contributed by atoms with Crippen LogP contribution in [0.3, 0.4) is 0 Å². The van der Waals surface area contributed by atoms with Crippen LogP contribution in [0.4, 0.5) is 0 Å². The lowest BCUT2D eigenvalue weighted by Crippen LogP contribution is -2.37. The predicted octanol–water partition coefficient (Wildman–Crippen LogP) is 1.90. The van der Waals surface area contributed by atoms with Crippen LogP contribution in [-0.2, 0) is 19.6 Å². The molecule has 0 radical (unpaired) electrons. The van der Waals surface area contributed by atoms with E-state index in [0.29, 0.717) is 13.1 Å². The van der Waals surface area contributed by atoms with E-state index in [0.717, 1.165) is 30.0 Å². The maximum atomic E-state index is 12.5. The van der Waals surface area contributed by atoms with Gasteiger partial charge in [0, 0.05) is 27.2 Å². The Morgan fingerprint density at radius 3 is 2.25 bits per heavy atom. The van der Waals surface area contributed by atoms with Crippen molar-refractivity contribution in [3.63, 3.8) is 0 Å². The third kappa shape index (κ3) is 5.45. The lowest BCUT2D eigenvalue weighted by Gasteiger charge is -2.24. The number of amides is 1. The first-order chi connectivity index (χ1) is 13.3. The van der Waals surface area contributed by atoms with Gasteiger partial charge in [-0.25, -0.2) is 17.5 Å². The first-order valence-electron chi connectivity index (χ1n) is 9.33. The zero-order valence-electron chi connectivity index (χ0n) is 16.6. The fraction of sp³-hybridized carbons (Fsp3) is 0.579. The molecule has 1 heterocycles. The number of carbonyl (C=O) groups excluding carboxylic acids is 2. The van der Waals surface area contributed by atoms with Crippen LogP contribution in [0.15, 0.2) is 23.1 Å². The highest BCUT2D eigenvalue weighted by molar-refractivity contribution is 7.89. The largest absolute Gasteiger partial charge is 0.495 e. The lowest BCUT2D eigenvalue weighted by molar-refractivity contribution is -0.134. The maximum absolute atomic E-state index is 12.5. The Hall–Kier alpha value is -2.13. The number of carbonyl (C=O) groups is 2. The molecule has 9 heteroatoms. The third-order valence-electron chi connectivity index (χ3n) is 4.69. The highest BCUT2D eigenvalue weighted by atomic mass is 32.2. The highest BCUT2D eigenvalue weighted by Gasteiger charge is 2.25. The maximum Gasteiger partial charge on any atom is 0.338 e. The molecular weight excluding hydrogens is 384 g/mol. The molecule has 28 heavy (non-hydrogen) atoms. The zero-order chi connectivity index (χ0) is 20.7. The molecule has 156 valence electrons. The van der Waals surface area contributed by atoms with Crippen LogP contribution in [-0.4, -0.2) is 70.4 Å². The summed E-state index contributed by atoms with van der Waals surface area (Å²) in [6, 6.07) is 4.01. The van der Waals surface area contributed by atoms with Gasteiger partial charge in [-0.3, -0.25) is 4.79 Å². The molecule has 0 saturated carbocycles. The minimum atomic E-state index is -3.81. The summed E-state index contributed by atoms with van der Waals surface area (Å²) < 4.78 is 36.2. The number of likely N-dealkylation sites (tertiary alicyclic amines) is 1. The minimum Gasteiger partial charge on any atom is -0.495 e. The van der Waals surface area contributed by atoms with Crippen molar-refractivity contribution in [1.29, 1.82) is 0 Å². The van der Waals surface area contributed by atoms with Gasteiger partial charge in [-0.1, -0.05) is 19.3 Å². The summed E-state index contributed by atoms with van der Waals surface area (Å²) >= 11 is 0. The van der Waals surface area contributed by atoms with Crippen LogP contribution >= 0.6 is 0 Å². The molecule has 2 rings (SSSR count). The number of benzene rings is 1. The Morgan fingerprint density at radius 1 is 1.07 bits per heavy atom. The van der Waals surface area contributed by atoms with Crippen molar-refractivity contribution in [3.05, 3.63) is 23.8 Å². The summed E-state index contributed by atoms with van der Waals surface area (Å²) in [5.41, 5.74) is 0.0432. The Balaban J connectivity index is 2.08. The lowest BCUT2D eigenvalue weighted by atomic mass is 10.1. The summed E-state index contributed by atoms with van der Waals surface area (Å²) in [6.45, 7) is 0.981. The first kappa shape index (κ1) is 22.2. The zero-order valence-corrected chi connectivity index (χ0v) is 17.5. The fourth-order valence-corrected chi connectivity index (χ4v) is 4.08. The summed E-state index contributed by atoms with van der Waals surface area (Å²) in [7, 11) is 0.327. The molecule has 1 saturated heterocycles. The van der Waals surface area contributed by atoms with Crippen LogP contribution in [0.1, 0.15) is 42.5 Å². The van der Waals surface area contributed by atoms with Gasteiger partial charge in [-0.15, -0.1) is 0 Å². The Morgan fingerprint density at radius 2 is 1.68 bits per heavy atom. The average molecular weight is 413 g/mol. The molecule has 0 bridgehead atoms. The SMILES string of the molecule is COc1ccc(C(=O)OCC(=O)N2CCCCCCC2)cc1S(=O)(=O)N(C)C. The number of hydrogen-bond acceptors (Lipinski definition) is 6. The number of ether oxygens (including phenoxy) is 2. The highest BCUT2D eigenvalue weighted by Crippen LogP contribution is 2.27. The second kappa shape index (κ2) is 9.88. The molecule has 1 fully saturated rings. The topological polar surface area (TPSA) is 93.2 Å². The van der Waals surface area contributed by atoms with E-state index in [4.69, 9.17) is 9.47 Å². The third-order valence-corrected chi connectivity index (χ3v) is 6.53. The number of hydrogen-bond donors (Lipinski definition) is 0. The van der Waals surface area contributed by atoms with E-state index in [9.17, 15) is 18.0 Å². The Kier molecular flexibility index (Phi) is 7.82. The Bertz CT molecular complexity index is 799. The minimum absolute atomic E-state index is 0.0432. The summed E-state index contributed by atoms with van der Waals surface area (Å²) in [5.74, 6) is -0.856. The van der Waals surface area contributed by atoms with Gasteiger partial charge >= 0.3 is 5.97 Å². The van der Waals surface area contributed by atoms with Gasteiger partial charge in [-0.2, -0.15) is 0 Å². The first-order valence-corrected chi connectivity index (χ1v) is 10.8. The van der Waals surface area contributed by atoms with Crippen molar-refractivity contribution in [2.24, 2.45) is 0 Å². The van der Waals surface area contributed by atoms with Gasteiger partial charge in [0.2, 0.25) is 10.0 Å². The van der Waals surface area contributed by atoms with Crippen LogP contribution < -0.4 is 4.74 Å². The molecular formula is C19H28N2O6S. The molecule has 1 aliphatic heterocycles. The Labute approximate surface area is 166 Å². The van der Waals surface area contributed by atoms with E-state index in [2.05, 4.69) is 0 Å². The quantitative estimate of drug-likeness (QED) is 0.663. The number of rotatable bonds is 6. The molecule has 0 unspecified atom stereocenters. The number of esters is 1. The van der Waals surface area contributed by atoms with Crippen LogP contribution in [0.5, 0.6) is 5.75 Å². The van der Waals surface area contributed by atoms with Crippen molar-refractivity contribution in [2.45, 2.75) is 37.0 Å². The average Bonchev–Trinajstić information content (AvgIpc) is 2.64. The van der Waals surface area contributed by atoms with Gasteiger partial charge < -0.3 is 14.4 Å². The van der Waals surface area contributed by atoms with Crippen LogP contribution in [0.25, 0.3) is 0 Å². The van der Waals surface area contributed by atoms with Crippen molar-refractivity contribution >= 4 is 21.9 Å². The van der Waals surface area contributed by atoms with Gasteiger partial charge in [0.05, 0.1) is 12.7 Å². The second-order valence-corrected chi connectivity index (χ2v) is 9.00. The standard InChI is InChI=1S/C19H28N2O6S/c1-20(2)28(24,25)17-13-15(9-10-16(17)26-3)19(23)27-14-18(22)21-11-7-5-4-6-8-12-21/h9-10,13H,4-8,11-12,14H2,1-3H3. The van der Waals surface area contributed by atoms with Crippen molar-refractivity contribution in [2.75, 3.05) is 40.9 Å². The number of methoxy groups -OCH3 is 1. The van der Waals surface area contributed by atoms with Crippen molar-refractivity contribution < 1.29 is 27.5 Å². The van der Waals surface area contributed by atoms with Crippen LogP contribution in [0, 0.1) is 0 Å². The van der Waals surface area contributed by atoms with E-state index in [1.165, 1.54) is 45.8 Å². The molecule has 1 aromatic carbocycles. The van der Waals surface area contributed by atoms with E-state index in [1.54, 1.807) is 4.90 Å². The number of sulfonamides is 1. The van der Waals surface area contributed by atoms with E-state index < -0.39 is 16.0 Å². The molecule has 0 spiro atoms. The molecule has 0 aromatic heterocycles. The molecule has 0 aliphatic carbocycles. The second-order valence-electron chi connectivity index (χ2n) is 6.88. The molecule has 1 aromatic rings.